The molecule has 0 saturated heterocycles. The molecule has 0 fully saturated rings. The van der Waals surface area contributed by atoms with Crippen LogP contribution in [0, 0.1) is 15.9 Å². The van der Waals surface area contributed by atoms with Gasteiger partial charge in [0.1, 0.15) is 17.3 Å². The summed E-state index contributed by atoms with van der Waals surface area (Å²) in [6.07, 6.45) is 0. The monoisotopic (exact) mass is 381 g/mol. The fourth-order valence-corrected chi connectivity index (χ4v) is 2.93. The number of rotatable bonds is 6. The summed E-state index contributed by atoms with van der Waals surface area (Å²) in [5.74, 6) is -0.205. The molecule has 3 aromatic rings. The fraction of sp³-hybridized carbons (Fsp3) is 0.0952. The van der Waals surface area contributed by atoms with Crippen LogP contribution in [0.5, 0.6) is 11.5 Å². The zero-order valence-electron chi connectivity index (χ0n) is 15.1. The summed E-state index contributed by atoms with van der Waals surface area (Å²) in [4.78, 5) is 23.6. The molecule has 0 N–H and O–H groups in total. The van der Waals surface area contributed by atoms with Crippen molar-refractivity contribution >= 4 is 11.5 Å². The summed E-state index contributed by atoms with van der Waals surface area (Å²) >= 11 is 0. The van der Waals surface area contributed by atoms with E-state index < -0.39 is 10.7 Å². The van der Waals surface area contributed by atoms with E-state index in [1.54, 1.807) is 24.3 Å². The lowest BCUT2D eigenvalue weighted by Crippen LogP contribution is -2.06. The van der Waals surface area contributed by atoms with Gasteiger partial charge in [0.15, 0.2) is 5.78 Å². The van der Waals surface area contributed by atoms with Gasteiger partial charge in [-0.15, -0.1) is 0 Å². The normalized spacial score (nSPS) is 10.4. The van der Waals surface area contributed by atoms with Gasteiger partial charge in [0.25, 0.3) is 5.69 Å². The lowest BCUT2D eigenvalue weighted by atomic mass is 9.95. The Kier molecular flexibility index (Phi) is 5.35. The lowest BCUT2D eigenvalue weighted by Gasteiger charge is -2.17. The molecule has 0 aliphatic carbocycles. The number of nitrogens with zero attached hydrogens (tertiary/aromatic N) is 1. The number of hydrogen-bond acceptors (Lipinski definition) is 5. The third-order valence-corrected chi connectivity index (χ3v) is 4.24. The Morgan fingerprint density at radius 1 is 1.00 bits per heavy atom. The van der Waals surface area contributed by atoms with Crippen LogP contribution in [0.25, 0.3) is 11.1 Å². The van der Waals surface area contributed by atoms with Crippen molar-refractivity contribution in [3.8, 4) is 22.6 Å². The van der Waals surface area contributed by atoms with Gasteiger partial charge >= 0.3 is 0 Å². The summed E-state index contributed by atoms with van der Waals surface area (Å²) in [7, 11) is 2.86. The maximum absolute atomic E-state index is 13.2. The van der Waals surface area contributed by atoms with Crippen molar-refractivity contribution in [1.82, 2.24) is 0 Å². The zero-order chi connectivity index (χ0) is 20.3. The van der Waals surface area contributed by atoms with Gasteiger partial charge in [0.2, 0.25) is 0 Å². The molecular formula is C21H16FNO5. The second kappa shape index (κ2) is 7.87. The Balaban J connectivity index is 2.21. The van der Waals surface area contributed by atoms with Gasteiger partial charge in [-0.2, -0.15) is 0 Å². The van der Waals surface area contributed by atoms with Crippen molar-refractivity contribution in [1.29, 1.82) is 0 Å². The van der Waals surface area contributed by atoms with E-state index in [2.05, 4.69) is 0 Å². The van der Waals surface area contributed by atoms with E-state index in [1.807, 2.05) is 0 Å². The van der Waals surface area contributed by atoms with Gasteiger partial charge in [-0.25, -0.2) is 4.39 Å². The Bertz CT molecular complexity index is 1050. The van der Waals surface area contributed by atoms with E-state index in [0.717, 1.165) is 0 Å². The third kappa shape index (κ3) is 3.55. The van der Waals surface area contributed by atoms with Crippen LogP contribution in [0.2, 0.25) is 0 Å². The van der Waals surface area contributed by atoms with Crippen molar-refractivity contribution < 1.29 is 23.6 Å². The van der Waals surface area contributed by atoms with Gasteiger partial charge in [-0.1, -0.05) is 12.1 Å². The topological polar surface area (TPSA) is 78.7 Å². The minimum atomic E-state index is -0.504. The lowest BCUT2D eigenvalue weighted by molar-refractivity contribution is -0.384. The first-order chi connectivity index (χ1) is 13.5. The number of non-ortho nitro benzene ring substituents is 1. The van der Waals surface area contributed by atoms with Crippen LogP contribution >= 0.6 is 0 Å². The van der Waals surface area contributed by atoms with Crippen LogP contribution in [0.1, 0.15) is 15.9 Å². The van der Waals surface area contributed by atoms with Crippen LogP contribution in [0.15, 0.2) is 60.7 Å². The highest BCUT2D eigenvalue weighted by Gasteiger charge is 2.23. The van der Waals surface area contributed by atoms with Crippen molar-refractivity contribution in [3.05, 3.63) is 87.7 Å². The molecule has 0 amide bonds. The van der Waals surface area contributed by atoms with E-state index in [9.17, 15) is 19.3 Å². The molecule has 142 valence electrons. The van der Waals surface area contributed by atoms with Crippen LogP contribution < -0.4 is 9.47 Å². The Hall–Kier alpha value is -3.74. The first-order valence-electron chi connectivity index (χ1n) is 8.26. The molecular weight excluding hydrogens is 365 g/mol. The average molecular weight is 381 g/mol. The standard InChI is InChI=1S/C21H16FNO5/c1-27-18-11-10-17(20(24)13-6-8-15(22)9-7-13)21(28-2)19(18)14-4-3-5-16(12-14)23(25)26/h3-12H,1-2H3. The van der Waals surface area contributed by atoms with Crippen LogP contribution in [-0.4, -0.2) is 24.9 Å². The smallest absolute Gasteiger partial charge is 0.270 e. The molecule has 0 bridgehead atoms. The summed E-state index contributed by atoms with van der Waals surface area (Å²) < 4.78 is 24.1. The summed E-state index contributed by atoms with van der Waals surface area (Å²) in [5.41, 5.74) is 1.31. The summed E-state index contributed by atoms with van der Waals surface area (Å²) in [6, 6.07) is 14.3. The molecule has 0 aliphatic heterocycles. The number of carbonyl (C=O) groups excluding carboxylic acids is 1. The van der Waals surface area contributed by atoms with Gasteiger partial charge in [0, 0.05) is 17.7 Å². The highest BCUT2D eigenvalue weighted by Crippen LogP contribution is 2.42. The fourth-order valence-electron chi connectivity index (χ4n) is 2.93. The Morgan fingerprint density at radius 3 is 2.32 bits per heavy atom. The zero-order valence-corrected chi connectivity index (χ0v) is 15.1. The minimum absolute atomic E-state index is 0.100. The van der Waals surface area contributed by atoms with Gasteiger partial charge < -0.3 is 9.47 Å². The number of carbonyl (C=O) groups is 1. The number of ether oxygens (including phenoxy) is 2. The van der Waals surface area contributed by atoms with E-state index in [0.29, 0.717) is 16.9 Å². The molecule has 7 heteroatoms. The molecule has 0 saturated carbocycles. The first-order valence-corrected chi connectivity index (χ1v) is 8.26. The molecule has 3 rings (SSSR count). The Morgan fingerprint density at radius 2 is 1.71 bits per heavy atom. The van der Waals surface area contributed by atoms with Crippen molar-refractivity contribution in [2.24, 2.45) is 0 Å². The molecule has 28 heavy (non-hydrogen) atoms. The molecule has 0 unspecified atom stereocenters. The van der Waals surface area contributed by atoms with Crippen molar-refractivity contribution in [2.75, 3.05) is 14.2 Å². The number of nitro benzene ring substituents is 1. The summed E-state index contributed by atoms with van der Waals surface area (Å²) in [5, 5.41) is 11.1. The van der Waals surface area contributed by atoms with Crippen molar-refractivity contribution in [3.63, 3.8) is 0 Å². The number of nitro groups is 1. The summed E-state index contributed by atoms with van der Waals surface area (Å²) in [6.45, 7) is 0. The number of benzene rings is 3. The highest BCUT2D eigenvalue weighted by atomic mass is 19.1. The molecule has 0 aliphatic rings. The molecule has 0 aromatic heterocycles. The predicted molar refractivity (Wildman–Crippen MR) is 101 cm³/mol. The third-order valence-electron chi connectivity index (χ3n) is 4.24. The predicted octanol–water partition coefficient (Wildman–Crippen LogP) is 4.65. The maximum Gasteiger partial charge on any atom is 0.270 e. The Labute approximate surface area is 160 Å². The second-order valence-electron chi connectivity index (χ2n) is 5.87. The molecule has 0 atom stereocenters. The van der Waals surface area contributed by atoms with E-state index in [4.69, 9.17) is 9.47 Å². The number of methoxy groups -OCH3 is 2. The molecule has 0 heterocycles. The highest BCUT2D eigenvalue weighted by molar-refractivity contribution is 6.12. The van der Waals surface area contributed by atoms with E-state index >= 15 is 0 Å². The SMILES string of the molecule is COc1ccc(C(=O)c2ccc(F)cc2)c(OC)c1-c1cccc([N+](=O)[O-])c1. The second-order valence-corrected chi connectivity index (χ2v) is 5.87. The van der Waals surface area contributed by atoms with Gasteiger partial charge in [0.05, 0.1) is 30.3 Å². The van der Waals surface area contributed by atoms with Crippen molar-refractivity contribution in [2.45, 2.75) is 0 Å². The number of halogens is 1. The van der Waals surface area contributed by atoms with Crippen LogP contribution in [-0.2, 0) is 0 Å². The molecule has 6 nitrogen and oxygen atoms in total. The maximum atomic E-state index is 13.2. The molecule has 0 radical (unpaired) electrons. The van der Waals surface area contributed by atoms with Crippen LogP contribution in [0.4, 0.5) is 10.1 Å². The van der Waals surface area contributed by atoms with Gasteiger partial charge in [-0.3, -0.25) is 14.9 Å². The number of ketones is 1. The molecule has 0 spiro atoms. The number of hydrogen-bond donors (Lipinski definition) is 0. The van der Waals surface area contributed by atoms with Gasteiger partial charge in [-0.05, 0) is 42.0 Å². The first kappa shape index (κ1) is 19.0. The van der Waals surface area contributed by atoms with E-state index in [1.165, 1.54) is 50.6 Å². The quantitative estimate of drug-likeness (QED) is 0.353. The van der Waals surface area contributed by atoms with E-state index in [-0.39, 0.29) is 28.3 Å². The largest absolute Gasteiger partial charge is 0.496 e. The average Bonchev–Trinajstić information content (AvgIpc) is 2.72. The molecule has 3 aromatic carbocycles. The van der Waals surface area contributed by atoms with Crippen LogP contribution in [0.3, 0.4) is 0 Å². The minimum Gasteiger partial charge on any atom is -0.496 e.